The number of halogens is 1. The van der Waals surface area contributed by atoms with Crippen molar-refractivity contribution in [2.24, 2.45) is 5.92 Å². The normalized spacial score (nSPS) is 13.9. The number of benzene rings is 2. The van der Waals surface area contributed by atoms with E-state index >= 15 is 0 Å². The Labute approximate surface area is 175 Å². The number of fused-ring (bicyclic) bond motifs is 3. The average molecular weight is 450 g/mol. The molecule has 138 valence electrons. The quantitative estimate of drug-likeness (QED) is 0.277. The molecule has 0 spiro atoms. The highest BCUT2D eigenvalue weighted by molar-refractivity contribution is 9.10. The van der Waals surface area contributed by atoms with Crippen LogP contribution in [0, 0.1) is 12.5 Å². The van der Waals surface area contributed by atoms with Gasteiger partial charge in [0.15, 0.2) is 11.3 Å². The summed E-state index contributed by atoms with van der Waals surface area (Å²) in [6.45, 7) is 8.29. The lowest BCUT2D eigenvalue weighted by Crippen LogP contribution is -2.02. The van der Waals surface area contributed by atoms with E-state index in [4.69, 9.17) is 11.6 Å². The third kappa shape index (κ3) is 3.17. The summed E-state index contributed by atoms with van der Waals surface area (Å²) >= 11 is 5.19. The molecule has 5 rings (SSSR count). The van der Waals surface area contributed by atoms with Gasteiger partial charge in [0.25, 0.3) is 0 Å². The van der Waals surface area contributed by atoms with Crippen LogP contribution in [0.2, 0.25) is 0 Å². The molecule has 0 aliphatic heterocycles. The SMILES string of the molecule is [C-]#[N+]c1ccccc1CSc1nnc2c3c(Br)cccc3n(CC3CC3)c2n1. The summed E-state index contributed by atoms with van der Waals surface area (Å²) in [5, 5.41) is 10.6. The molecule has 5 nitrogen and oxygen atoms in total. The van der Waals surface area contributed by atoms with Crippen LogP contribution in [0.15, 0.2) is 52.1 Å². The summed E-state index contributed by atoms with van der Waals surface area (Å²) in [4.78, 5) is 8.45. The summed E-state index contributed by atoms with van der Waals surface area (Å²) in [6.07, 6.45) is 2.56. The smallest absolute Gasteiger partial charge is 0.211 e. The largest absolute Gasteiger partial charge is 0.323 e. The molecule has 0 radical (unpaired) electrons. The molecule has 0 N–H and O–H groups in total. The second-order valence-electron chi connectivity index (χ2n) is 6.98. The number of nitrogens with zero attached hydrogens (tertiary/aromatic N) is 5. The fourth-order valence-corrected chi connectivity index (χ4v) is 4.75. The molecule has 1 aliphatic carbocycles. The molecular formula is C21H16BrN5S. The number of rotatable bonds is 5. The van der Waals surface area contributed by atoms with Crippen molar-refractivity contribution in [3.63, 3.8) is 0 Å². The molecule has 2 aromatic carbocycles. The van der Waals surface area contributed by atoms with Gasteiger partial charge in [0.2, 0.25) is 5.16 Å². The molecule has 0 amide bonds. The van der Waals surface area contributed by atoms with E-state index in [1.165, 1.54) is 24.6 Å². The predicted octanol–water partition coefficient (Wildman–Crippen LogP) is 6.00. The molecule has 2 heterocycles. The van der Waals surface area contributed by atoms with Crippen LogP contribution in [-0.2, 0) is 12.3 Å². The van der Waals surface area contributed by atoms with Crippen molar-refractivity contribution in [1.82, 2.24) is 19.7 Å². The first-order valence-electron chi connectivity index (χ1n) is 9.14. The lowest BCUT2D eigenvalue weighted by Gasteiger charge is -2.06. The Kier molecular flexibility index (Phi) is 4.53. The maximum absolute atomic E-state index is 7.32. The van der Waals surface area contributed by atoms with Crippen molar-refractivity contribution in [2.75, 3.05) is 0 Å². The van der Waals surface area contributed by atoms with Crippen molar-refractivity contribution in [2.45, 2.75) is 30.3 Å². The van der Waals surface area contributed by atoms with Gasteiger partial charge in [-0.2, -0.15) is 0 Å². The first kappa shape index (κ1) is 17.7. The highest BCUT2D eigenvalue weighted by Gasteiger charge is 2.25. The van der Waals surface area contributed by atoms with Crippen LogP contribution in [0.25, 0.3) is 26.9 Å². The van der Waals surface area contributed by atoms with Gasteiger partial charge >= 0.3 is 0 Å². The second kappa shape index (κ2) is 7.19. The van der Waals surface area contributed by atoms with E-state index in [1.807, 2.05) is 30.3 Å². The number of thioether (sulfide) groups is 1. The standard InChI is InChI=1S/C21H16BrN5S/c1-23-16-7-3-2-5-14(16)12-28-21-24-20-19(25-26-21)18-15(22)6-4-8-17(18)27(20)11-13-9-10-13/h2-8,13H,9-12H2. The molecule has 1 saturated carbocycles. The van der Waals surface area contributed by atoms with Gasteiger partial charge in [-0.3, -0.25) is 0 Å². The van der Waals surface area contributed by atoms with Crippen molar-refractivity contribution in [3.8, 4) is 0 Å². The molecule has 0 saturated heterocycles. The van der Waals surface area contributed by atoms with Crippen LogP contribution >= 0.6 is 27.7 Å². The minimum atomic E-state index is 0.642. The number of aromatic nitrogens is 4. The molecule has 2 aromatic heterocycles. The lowest BCUT2D eigenvalue weighted by atomic mass is 10.2. The Morgan fingerprint density at radius 1 is 1.14 bits per heavy atom. The molecule has 28 heavy (non-hydrogen) atoms. The zero-order valence-electron chi connectivity index (χ0n) is 15.0. The van der Waals surface area contributed by atoms with E-state index in [2.05, 4.69) is 47.7 Å². The summed E-state index contributed by atoms with van der Waals surface area (Å²) < 4.78 is 3.31. The van der Waals surface area contributed by atoms with E-state index in [1.54, 1.807) is 0 Å². The summed E-state index contributed by atoms with van der Waals surface area (Å²) in [6, 6.07) is 13.9. The fourth-order valence-electron chi connectivity index (χ4n) is 3.43. The van der Waals surface area contributed by atoms with Crippen molar-refractivity contribution in [3.05, 3.63) is 63.9 Å². The van der Waals surface area contributed by atoms with E-state index in [0.717, 1.165) is 44.6 Å². The van der Waals surface area contributed by atoms with E-state index in [0.29, 0.717) is 16.6 Å². The van der Waals surface area contributed by atoms with E-state index in [-0.39, 0.29) is 0 Å². The zero-order valence-corrected chi connectivity index (χ0v) is 17.4. The average Bonchev–Trinajstić information content (AvgIpc) is 3.49. The Bertz CT molecular complexity index is 1240. The minimum absolute atomic E-state index is 0.642. The Hall–Kier alpha value is -2.43. The van der Waals surface area contributed by atoms with Crippen LogP contribution < -0.4 is 0 Å². The number of hydrogen-bond donors (Lipinski definition) is 0. The van der Waals surface area contributed by atoms with Crippen LogP contribution in [0.4, 0.5) is 5.69 Å². The molecule has 0 bridgehead atoms. The second-order valence-corrected chi connectivity index (χ2v) is 8.78. The van der Waals surface area contributed by atoms with Crippen LogP contribution in [0.3, 0.4) is 0 Å². The van der Waals surface area contributed by atoms with Crippen LogP contribution in [0.5, 0.6) is 0 Å². The third-order valence-electron chi connectivity index (χ3n) is 5.03. The van der Waals surface area contributed by atoms with Gasteiger partial charge in [-0.25, -0.2) is 9.83 Å². The maximum Gasteiger partial charge on any atom is 0.211 e. The van der Waals surface area contributed by atoms with Gasteiger partial charge in [-0.15, -0.1) is 10.2 Å². The number of hydrogen-bond acceptors (Lipinski definition) is 4. The van der Waals surface area contributed by atoms with Gasteiger partial charge in [-0.05, 0) is 36.5 Å². The van der Waals surface area contributed by atoms with E-state index in [9.17, 15) is 0 Å². The molecular weight excluding hydrogens is 434 g/mol. The van der Waals surface area contributed by atoms with Gasteiger partial charge < -0.3 is 4.57 Å². The minimum Gasteiger partial charge on any atom is -0.323 e. The predicted molar refractivity (Wildman–Crippen MR) is 116 cm³/mol. The lowest BCUT2D eigenvalue weighted by molar-refractivity contribution is 0.654. The van der Waals surface area contributed by atoms with Crippen molar-refractivity contribution in [1.29, 1.82) is 0 Å². The van der Waals surface area contributed by atoms with Crippen molar-refractivity contribution < 1.29 is 0 Å². The Morgan fingerprint density at radius 2 is 2.00 bits per heavy atom. The fraction of sp³-hybridized carbons (Fsp3) is 0.238. The monoisotopic (exact) mass is 449 g/mol. The molecule has 1 fully saturated rings. The van der Waals surface area contributed by atoms with Gasteiger partial charge in [0.05, 0.1) is 12.1 Å². The Morgan fingerprint density at radius 3 is 2.82 bits per heavy atom. The van der Waals surface area contributed by atoms with Gasteiger partial charge in [0.1, 0.15) is 5.52 Å². The first-order chi connectivity index (χ1) is 13.7. The van der Waals surface area contributed by atoms with Crippen LogP contribution in [-0.4, -0.2) is 19.7 Å². The molecule has 4 aromatic rings. The summed E-state index contributed by atoms with van der Waals surface area (Å²) in [7, 11) is 0. The van der Waals surface area contributed by atoms with Crippen LogP contribution in [0.1, 0.15) is 18.4 Å². The molecule has 0 unspecified atom stereocenters. The Balaban J connectivity index is 1.55. The molecule has 1 aliphatic rings. The summed E-state index contributed by atoms with van der Waals surface area (Å²) in [5.74, 6) is 1.38. The molecule has 7 heteroatoms. The van der Waals surface area contributed by atoms with Gasteiger partial charge in [0, 0.05) is 22.2 Å². The molecule has 0 atom stereocenters. The third-order valence-corrected chi connectivity index (χ3v) is 6.58. The highest BCUT2D eigenvalue weighted by atomic mass is 79.9. The van der Waals surface area contributed by atoms with Gasteiger partial charge in [-0.1, -0.05) is 58.0 Å². The first-order valence-corrected chi connectivity index (χ1v) is 10.9. The summed E-state index contributed by atoms with van der Waals surface area (Å²) in [5.41, 5.74) is 4.56. The zero-order chi connectivity index (χ0) is 19.1. The van der Waals surface area contributed by atoms with Crippen molar-refractivity contribution >= 4 is 55.4 Å². The topological polar surface area (TPSA) is 48.0 Å². The highest BCUT2D eigenvalue weighted by Crippen LogP contribution is 2.37. The maximum atomic E-state index is 7.32. The number of para-hydroxylation sites is 1. The van der Waals surface area contributed by atoms with E-state index < -0.39 is 0 Å².